The van der Waals surface area contributed by atoms with E-state index in [0.29, 0.717) is 0 Å². The van der Waals surface area contributed by atoms with Gasteiger partial charge in [-0.1, -0.05) is 6.92 Å². The molecule has 1 rings (SSSR count). The second-order valence-electron chi connectivity index (χ2n) is 4.42. The van der Waals surface area contributed by atoms with Crippen molar-refractivity contribution in [1.82, 2.24) is 4.90 Å². The number of likely N-dealkylation sites (tertiary alicyclic amines) is 1. The Morgan fingerprint density at radius 2 is 2.00 bits per heavy atom. The van der Waals surface area contributed by atoms with Gasteiger partial charge in [-0.2, -0.15) is 0 Å². The van der Waals surface area contributed by atoms with Gasteiger partial charge in [0.1, 0.15) is 0 Å². The third-order valence-electron chi connectivity index (χ3n) is 3.08. The number of piperidine rings is 1. The second kappa shape index (κ2) is 5.87. The fraction of sp³-hybridized carbons (Fsp3) is 1.00. The van der Waals surface area contributed by atoms with Crippen LogP contribution in [0.4, 0.5) is 0 Å². The zero-order valence-corrected chi connectivity index (χ0v) is 9.69. The molecule has 2 heteroatoms. The minimum Gasteiger partial charge on any atom is -0.300 e. The van der Waals surface area contributed by atoms with Crippen LogP contribution in [-0.4, -0.2) is 29.9 Å². The summed E-state index contributed by atoms with van der Waals surface area (Å²) in [5, 5.41) is 0. The summed E-state index contributed by atoms with van der Waals surface area (Å²) in [6, 6.07) is 0.798. The lowest BCUT2D eigenvalue weighted by molar-refractivity contribution is 0.123. The standard InChI is InChI=1S/C11H22ClN/c1-10-5-6-11(2)13(9-10)8-4-3-7-12/h10-11H,3-9H2,1-2H3. The fourth-order valence-corrected chi connectivity index (χ4v) is 2.29. The van der Waals surface area contributed by atoms with Crippen molar-refractivity contribution in [2.45, 2.75) is 45.6 Å². The van der Waals surface area contributed by atoms with E-state index < -0.39 is 0 Å². The quantitative estimate of drug-likeness (QED) is 0.501. The van der Waals surface area contributed by atoms with Crippen LogP contribution >= 0.6 is 11.6 Å². The highest BCUT2D eigenvalue weighted by atomic mass is 35.5. The zero-order chi connectivity index (χ0) is 9.68. The maximum atomic E-state index is 5.67. The van der Waals surface area contributed by atoms with Crippen LogP contribution in [0.5, 0.6) is 0 Å². The highest BCUT2D eigenvalue weighted by Gasteiger charge is 2.21. The Hall–Kier alpha value is 0.250. The van der Waals surface area contributed by atoms with E-state index >= 15 is 0 Å². The van der Waals surface area contributed by atoms with Crippen LogP contribution in [0.25, 0.3) is 0 Å². The molecule has 13 heavy (non-hydrogen) atoms. The predicted octanol–water partition coefficient (Wildman–Crippen LogP) is 3.13. The average molecular weight is 204 g/mol. The van der Waals surface area contributed by atoms with E-state index in [0.717, 1.165) is 17.8 Å². The molecule has 0 saturated carbocycles. The van der Waals surface area contributed by atoms with Crippen LogP contribution in [0.2, 0.25) is 0 Å². The van der Waals surface area contributed by atoms with Crippen molar-refractivity contribution in [3.05, 3.63) is 0 Å². The van der Waals surface area contributed by atoms with Gasteiger partial charge < -0.3 is 4.90 Å². The number of hydrogen-bond acceptors (Lipinski definition) is 1. The maximum absolute atomic E-state index is 5.67. The molecule has 0 N–H and O–H groups in total. The molecule has 1 fully saturated rings. The van der Waals surface area contributed by atoms with Gasteiger partial charge in [0.25, 0.3) is 0 Å². The summed E-state index contributed by atoms with van der Waals surface area (Å²) in [4.78, 5) is 2.63. The van der Waals surface area contributed by atoms with Crippen LogP contribution < -0.4 is 0 Å². The first-order valence-corrected chi connectivity index (χ1v) is 6.07. The Kier molecular flexibility index (Phi) is 5.12. The highest BCUT2D eigenvalue weighted by molar-refractivity contribution is 6.17. The van der Waals surface area contributed by atoms with Gasteiger partial charge in [-0.3, -0.25) is 0 Å². The number of alkyl halides is 1. The monoisotopic (exact) mass is 203 g/mol. The van der Waals surface area contributed by atoms with Crippen LogP contribution in [-0.2, 0) is 0 Å². The highest BCUT2D eigenvalue weighted by Crippen LogP contribution is 2.21. The van der Waals surface area contributed by atoms with Crippen molar-refractivity contribution in [2.24, 2.45) is 5.92 Å². The number of halogens is 1. The molecule has 0 amide bonds. The van der Waals surface area contributed by atoms with Gasteiger partial charge >= 0.3 is 0 Å². The molecule has 1 aliphatic heterocycles. The van der Waals surface area contributed by atoms with E-state index in [1.165, 1.54) is 38.8 Å². The summed E-state index contributed by atoms with van der Waals surface area (Å²) in [7, 11) is 0. The van der Waals surface area contributed by atoms with E-state index in [2.05, 4.69) is 18.7 Å². The molecule has 0 aromatic heterocycles. The first-order chi connectivity index (χ1) is 6.24. The van der Waals surface area contributed by atoms with E-state index in [1.807, 2.05) is 0 Å². The van der Waals surface area contributed by atoms with Crippen molar-refractivity contribution in [3.63, 3.8) is 0 Å². The summed E-state index contributed by atoms with van der Waals surface area (Å²) in [5.74, 6) is 1.71. The number of hydrogen-bond donors (Lipinski definition) is 0. The largest absolute Gasteiger partial charge is 0.300 e. The lowest BCUT2D eigenvalue weighted by Crippen LogP contribution is -2.41. The summed E-state index contributed by atoms with van der Waals surface area (Å²) >= 11 is 5.67. The zero-order valence-electron chi connectivity index (χ0n) is 8.93. The molecule has 0 radical (unpaired) electrons. The Morgan fingerprint density at radius 1 is 1.23 bits per heavy atom. The van der Waals surface area contributed by atoms with E-state index in [1.54, 1.807) is 0 Å². The minimum absolute atomic E-state index is 0.798. The first-order valence-electron chi connectivity index (χ1n) is 5.54. The van der Waals surface area contributed by atoms with Crippen LogP contribution in [0.1, 0.15) is 39.5 Å². The molecular weight excluding hydrogens is 182 g/mol. The third kappa shape index (κ3) is 3.86. The lowest BCUT2D eigenvalue weighted by Gasteiger charge is -2.36. The van der Waals surface area contributed by atoms with Gasteiger partial charge in [-0.25, -0.2) is 0 Å². The molecular formula is C11H22ClN. The molecule has 0 aromatic carbocycles. The molecule has 78 valence electrons. The van der Waals surface area contributed by atoms with Gasteiger partial charge in [0, 0.05) is 18.5 Å². The first kappa shape index (κ1) is 11.3. The van der Waals surface area contributed by atoms with Gasteiger partial charge in [-0.05, 0) is 45.1 Å². The van der Waals surface area contributed by atoms with E-state index in [4.69, 9.17) is 11.6 Å². The Labute approximate surface area is 87.4 Å². The van der Waals surface area contributed by atoms with Crippen molar-refractivity contribution >= 4 is 11.6 Å². The second-order valence-corrected chi connectivity index (χ2v) is 4.80. The normalized spacial score (nSPS) is 30.7. The predicted molar refractivity (Wildman–Crippen MR) is 59.4 cm³/mol. The van der Waals surface area contributed by atoms with Gasteiger partial charge in [0.05, 0.1) is 0 Å². The van der Waals surface area contributed by atoms with E-state index in [9.17, 15) is 0 Å². The van der Waals surface area contributed by atoms with Crippen LogP contribution in [0.3, 0.4) is 0 Å². The van der Waals surface area contributed by atoms with Crippen molar-refractivity contribution in [3.8, 4) is 0 Å². The summed E-state index contributed by atoms with van der Waals surface area (Å²) in [5.41, 5.74) is 0. The molecule has 2 unspecified atom stereocenters. The smallest absolute Gasteiger partial charge is 0.0223 e. The molecule has 2 atom stereocenters. The average Bonchev–Trinajstić information content (AvgIpc) is 2.11. The Bertz CT molecular complexity index is 138. The minimum atomic E-state index is 0.798. The van der Waals surface area contributed by atoms with Crippen molar-refractivity contribution in [1.29, 1.82) is 0 Å². The van der Waals surface area contributed by atoms with Gasteiger partial charge in [0.2, 0.25) is 0 Å². The molecule has 0 aliphatic carbocycles. The van der Waals surface area contributed by atoms with E-state index in [-0.39, 0.29) is 0 Å². The summed E-state index contributed by atoms with van der Waals surface area (Å²) in [6.07, 6.45) is 5.22. The Balaban J connectivity index is 2.21. The van der Waals surface area contributed by atoms with Crippen molar-refractivity contribution in [2.75, 3.05) is 19.0 Å². The molecule has 1 saturated heterocycles. The number of rotatable bonds is 4. The summed E-state index contributed by atoms with van der Waals surface area (Å²) in [6.45, 7) is 7.26. The fourth-order valence-electron chi connectivity index (χ4n) is 2.10. The number of nitrogens with zero attached hydrogens (tertiary/aromatic N) is 1. The summed E-state index contributed by atoms with van der Waals surface area (Å²) < 4.78 is 0. The Morgan fingerprint density at radius 3 is 2.69 bits per heavy atom. The number of unbranched alkanes of at least 4 members (excludes halogenated alkanes) is 1. The SMILES string of the molecule is CC1CCC(C)N(CCCCCl)C1. The van der Waals surface area contributed by atoms with Gasteiger partial charge in [-0.15, -0.1) is 11.6 Å². The van der Waals surface area contributed by atoms with Gasteiger partial charge in [0.15, 0.2) is 0 Å². The van der Waals surface area contributed by atoms with Crippen LogP contribution in [0.15, 0.2) is 0 Å². The van der Waals surface area contributed by atoms with Crippen molar-refractivity contribution < 1.29 is 0 Å². The molecule has 0 spiro atoms. The molecule has 1 nitrogen and oxygen atoms in total. The molecule has 0 aromatic rings. The molecule has 1 aliphatic rings. The molecule has 1 heterocycles. The third-order valence-corrected chi connectivity index (χ3v) is 3.34. The lowest BCUT2D eigenvalue weighted by atomic mass is 9.95. The maximum Gasteiger partial charge on any atom is 0.0223 e. The molecule has 0 bridgehead atoms. The topological polar surface area (TPSA) is 3.24 Å². The van der Waals surface area contributed by atoms with Crippen LogP contribution in [0, 0.1) is 5.92 Å².